The molecule has 66 valence electrons. The highest BCUT2D eigenvalue weighted by molar-refractivity contribution is 14.1. The number of aromatic nitrogens is 3. The van der Waals surface area contributed by atoms with Crippen LogP contribution in [0.3, 0.4) is 0 Å². The molecule has 0 aliphatic heterocycles. The first-order chi connectivity index (χ1) is 6.27. The summed E-state index contributed by atoms with van der Waals surface area (Å²) in [5.41, 5.74) is 0.925. The molecule has 0 saturated heterocycles. The lowest BCUT2D eigenvalue weighted by atomic mass is 10.4. The molecule has 3 nitrogen and oxygen atoms in total. The van der Waals surface area contributed by atoms with E-state index in [0.717, 1.165) is 9.39 Å². The van der Waals surface area contributed by atoms with E-state index in [1.807, 2.05) is 12.1 Å². The van der Waals surface area contributed by atoms with Gasteiger partial charge in [0, 0.05) is 12.3 Å². The SMILES string of the molecule is Clc1cc(-n2nccc2I)ccn1. The predicted molar refractivity (Wildman–Crippen MR) is 59.1 cm³/mol. The van der Waals surface area contributed by atoms with E-state index in [4.69, 9.17) is 11.6 Å². The van der Waals surface area contributed by atoms with Crippen molar-refractivity contribution in [2.45, 2.75) is 0 Å². The van der Waals surface area contributed by atoms with Crippen molar-refractivity contribution < 1.29 is 0 Å². The summed E-state index contributed by atoms with van der Waals surface area (Å²) in [5, 5.41) is 4.63. The van der Waals surface area contributed by atoms with Crippen molar-refractivity contribution in [3.05, 3.63) is 39.4 Å². The first-order valence-corrected chi connectivity index (χ1v) is 5.04. The number of hydrogen-bond acceptors (Lipinski definition) is 2. The second-order valence-electron chi connectivity index (χ2n) is 2.40. The van der Waals surface area contributed by atoms with Gasteiger partial charge >= 0.3 is 0 Å². The van der Waals surface area contributed by atoms with Crippen LogP contribution in [0.15, 0.2) is 30.6 Å². The van der Waals surface area contributed by atoms with Crippen LogP contribution in [0, 0.1) is 3.70 Å². The number of rotatable bonds is 1. The van der Waals surface area contributed by atoms with Crippen LogP contribution in [0.25, 0.3) is 5.69 Å². The fourth-order valence-corrected chi connectivity index (χ4v) is 1.73. The van der Waals surface area contributed by atoms with Gasteiger partial charge in [-0.1, -0.05) is 11.6 Å². The summed E-state index contributed by atoms with van der Waals surface area (Å²) in [6.45, 7) is 0. The summed E-state index contributed by atoms with van der Waals surface area (Å²) in [4.78, 5) is 3.90. The normalized spacial score (nSPS) is 10.3. The molecule has 0 unspecified atom stereocenters. The molecule has 2 aromatic heterocycles. The van der Waals surface area contributed by atoms with Gasteiger partial charge in [0.05, 0.1) is 11.9 Å². The maximum atomic E-state index is 5.76. The molecule has 0 bridgehead atoms. The first kappa shape index (κ1) is 8.96. The summed E-state index contributed by atoms with van der Waals surface area (Å²) < 4.78 is 2.84. The molecular weight excluding hydrogens is 300 g/mol. The zero-order valence-corrected chi connectivity index (χ0v) is 9.40. The summed E-state index contributed by atoms with van der Waals surface area (Å²) in [6.07, 6.45) is 3.41. The van der Waals surface area contributed by atoms with Crippen LogP contribution < -0.4 is 0 Å². The Labute approximate surface area is 93.9 Å². The van der Waals surface area contributed by atoms with E-state index in [1.54, 1.807) is 23.1 Å². The van der Waals surface area contributed by atoms with Gasteiger partial charge in [0.1, 0.15) is 8.85 Å². The van der Waals surface area contributed by atoms with Gasteiger partial charge in [-0.15, -0.1) is 0 Å². The molecule has 0 aliphatic carbocycles. The third-order valence-corrected chi connectivity index (χ3v) is 2.57. The minimum absolute atomic E-state index is 0.476. The third kappa shape index (κ3) is 1.83. The van der Waals surface area contributed by atoms with Crippen LogP contribution in [-0.2, 0) is 0 Å². The van der Waals surface area contributed by atoms with Crippen LogP contribution in [0.4, 0.5) is 0 Å². The molecule has 0 spiro atoms. The highest BCUT2D eigenvalue weighted by Crippen LogP contribution is 2.14. The Morgan fingerprint density at radius 2 is 2.15 bits per heavy atom. The summed E-state index contributed by atoms with van der Waals surface area (Å²) in [7, 11) is 0. The molecule has 0 radical (unpaired) electrons. The zero-order chi connectivity index (χ0) is 9.26. The van der Waals surface area contributed by atoms with Gasteiger partial charge in [-0.25, -0.2) is 9.67 Å². The van der Waals surface area contributed by atoms with Gasteiger partial charge in [-0.2, -0.15) is 5.10 Å². The van der Waals surface area contributed by atoms with E-state index in [1.165, 1.54) is 0 Å². The lowest BCUT2D eigenvalue weighted by Gasteiger charge is -2.02. The smallest absolute Gasteiger partial charge is 0.131 e. The van der Waals surface area contributed by atoms with E-state index < -0.39 is 0 Å². The topological polar surface area (TPSA) is 30.7 Å². The highest BCUT2D eigenvalue weighted by atomic mass is 127. The van der Waals surface area contributed by atoms with Gasteiger partial charge in [0.15, 0.2) is 0 Å². The molecule has 0 N–H and O–H groups in total. The molecule has 2 aromatic rings. The predicted octanol–water partition coefficient (Wildman–Crippen LogP) is 2.53. The molecule has 0 aliphatic rings. The van der Waals surface area contributed by atoms with Crippen molar-refractivity contribution >= 4 is 34.2 Å². The Kier molecular flexibility index (Phi) is 2.50. The molecular formula is C8H5ClIN3. The monoisotopic (exact) mass is 305 g/mol. The minimum atomic E-state index is 0.476. The lowest BCUT2D eigenvalue weighted by molar-refractivity contribution is 0.856. The fraction of sp³-hybridized carbons (Fsp3) is 0. The van der Waals surface area contributed by atoms with Crippen LogP contribution in [-0.4, -0.2) is 14.8 Å². The van der Waals surface area contributed by atoms with E-state index in [-0.39, 0.29) is 0 Å². The first-order valence-electron chi connectivity index (χ1n) is 3.59. The maximum absolute atomic E-state index is 5.76. The molecule has 13 heavy (non-hydrogen) atoms. The minimum Gasteiger partial charge on any atom is -0.244 e. The van der Waals surface area contributed by atoms with Crippen molar-refractivity contribution in [1.29, 1.82) is 0 Å². The summed E-state index contributed by atoms with van der Waals surface area (Å²) in [5.74, 6) is 0. The second kappa shape index (κ2) is 3.63. The van der Waals surface area contributed by atoms with Crippen molar-refractivity contribution in [3.63, 3.8) is 0 Å². The second-order valence-corrected chi connectivity index (χ2v) is 3.89. The van der Waals surface area contributed by atoms with E-state index >= 15 is 0 Å². The van der Waals surface area contributed by atoms with Gasteiger partial charge in [0.2, 0.25) is 0 Å². The van der Waals surface area contributed by atoms with Gasteiger partial charge in [-0.05, 0) is 34.7 Å². The van der Waals surface area contributed by atoms with Crippen molar-refractivity contribution in [2.24, 2.45) is 0 Å². The van der Waals surface area contributed by atoms with Crippen molar-refractivity contribution in [1.82, 2.24) is 14.8 Å². The van der Waals surface area contributed by atoms with E-state index in [9.17, 15) is 0 Å². The average molecular weight is 306 g/mol. The molecule has 0 fully saturated rings. The maximum Gasteiger partial charge on any atom is 0.131 e. The summed E-state index contributed by atoms with van der Waals surface area (Å²) >= 11 is 7.97. The molecule has 5 heteroatoms. The quantitative estimate of drug-likeness (QED) is 0.599. The number of nitrogens with zero attached hydrogens (tertiary/aromatic N) is 3. The van der Waals surface area contributed by atoms with E-state index in [2.05, 4.69) is 32.7 Å². The average Bonchev–Trinajstić information content (AvgIpc) is 2.51. The highest BCUT2D eigenvalue weighted by Gasteiger charge is 2.01. The van der Waals surface area contributed by atoms with Crippen LogP contribution in [0.1, 0.15) is 0 Å². The Bertz CT molecular complexity index is 427. The number of hydrogen-bond donors (Lipinski definition) is 0. The molecule has 2 rings (SSSR count). The van der Waals surface area contributed by atoms with Gasteiger partial charge in [-0.3, -0.25) is 0 Å². The van der Waals surface area contributed by atoms with Gasteiger partial charge in [0.25, 0.3) is 0 Å². The number of halogens is 2. The molecule has 0 amide bonds. The number of pyridine rings is 1. The largest absolute Gasteiger partial charge is 0.244 e. The van der Waals surface area contributed by atoms with Crippen LogP contribution >= 0.6 is 34.2 Å². The summed E-state index contributed by atoms with van der Waals surface area (Å²) in [6, 6.07) is 5.56. The molecule has 0 atom stereocenters. The Hall–Kier alpha value is -0.620. The fourth-order valence-electron chi connectivity index (χ4n) is 1.00. The van der Waals surface area contributed by atoms with Crippen molar-refractivity contribution in [2.75, 3.05) is 0 Å². The van der Waals surface area contributed by atoms with Crippen LogP contribution in [0.2, 0.25) is 5.15 Å². The molecule has 0 saturated carbocycles. The third-order valence-electron chi connectivity index (χ3n) is 1.55. The lowest BCUT2D eigenvalue weighted by Crippen LogP contribution is -1.98. The van der Waals surface area contributed by atoms with Gasteiger partial charge < -0.3 is 0 Å². The van der Waals surface area contributed by atoms with Crippen LogP contribution in [0.5, 0.6) is 0 Å². The standard InChI is InChI=1S/C8H5ClIN3/c9-7-5-6(1-3-11-7)13-8(10)2-4-12-13/h1-5H. The Morgan fingerprint density at radius 1 is 1.31 bits per heavy atom. The molecule has 2 heterocycles. The Balaban J connectivity index is 2.53. The van der Waals surface area contributed by atoms with Crippen molar-refractivity contribution in [3.8, 4) is 5.69 Å². The zero-order valence-electron chi connectivity index (χ0n) is 6.48. The Morgan fingerprint density at radius 3 is 2.77 bits per heavy atom. The molecule has 0 aromatic carbocycles. The van der Waals surface area contributed by atoms with E-state index in [0.29, 0.717) is 5.15 Å².